The number of nitrogens with zero attached hydrogens (tertiary/aromatic N) is 2. The molecule has 3 rings (SSSR count). The van der Waals surface area contributed by atoms with Gasteiger partial charge in [-0.3, -0.25) is 4.57 Å². The monoisotopic (exact) mass is 424 g/mol. The van der Waals surface area contributed by atoms with Crippen LogP contribution in [0.15, 0.2) is 54.7 Å². The topological polar surface area (TPSA) is 84.6 Å². The van der Waals surface area contributed by atoms with Crippen LogP contribution in [0.1, 0.15) is 47.1 Å². The highest BCUT2D eigenvalue weighted by molar-refractivity contribution is 7.80. The second kappa shape index (κ2) is 10.0. The number of aliphatic hydroxyl groups is 1. The number of ether oxygens (including phenoxy) is 1. The molecule has 0 unspecified atom stereocenters. The van der Waals surface area contributed by atoms with Gasteiger partial charge < -0.3 is 14.9 Å². The number of para-hydroxylation sites is 1. The molecule has 0 bridgehead atoms. The lowest BCUT2D eigenvalue weighted by Gasteiger charge is -2.14. The van der Waals surface area contributed by atoms with Crippen molar-refractivity contribution in [3.05, 3.63) is 77.2 Å². The third-order valence-electron chi connectivity index (χ3n) is 4.81. The molecule has 0 radical (unpaired) electrons. The van der Waals surface area contributed by atoms with Crippen molar-refractivity contribution in [3.8, 4) is 11.6 Å². The minimum absolute atomic E-state index is 0.221. The van der Waals surface area contributed by atoms with Crippen LogP contribution in [0.3, 0.4) is 0 Å². The van der Waals surface area contributed by atoms with Gasteiger partial charge in [-0.25, -0.2) is 9.78 Å². The van der Waals surface area contributed by atoms with Crippen molar-refractivity contribution < 1.29 is 19.7 Å². The smallest absolute Gasteiger partial charge is 0.335 e. The standard InChI is InChI=1S/C23H24N2O4S/c1-2-3-8-20-24-15-21(29-19-7-5-4-6-18(19)23(28)30)25(20)14-13-16-9-11-17(12-10-16)22(26)27/h4-7,9-12,15H,2-3,8,13-14H2,1H3,(H,26,27)(H,28,30). The van der Waals surface area contributed by atoms with E-state index in [2.05, 4.69) is 11.9 Å². The molecule has 0 aliphatic heterocycles. The minimum atomic E-state index is -0.936. The summed E-state index contributed by atoms with van der Waals surface area (Å²) in [6.07, 6.45) is 5.29. The number of aryl methyl sites for hydroxylation is 2. The third kappa shape index (κ3) is 5.24. The summed E-state index contributed by atoms with van der Waals surface area (Å²) in [7, 11) is 0. The molecule has 30 heavy (non-hydrogen) atoms. The largest absolute Gasteiger partial charge is 0.498 e. The molecule has 0 spiro atoms. The van der Waals surface area contributed by atoms with Gasteiger partial charge in [0, 0.05) is 13.0 Å². The summed E-state index contributed by atoms with van der Waals surface area (Å²) < 4.78 is 8.10. The molecule has 0 atom stereocenters. The Morgan fingerprint density at radius 2 is 1.83 bits per heavy atom. The van der Waals surface area contributed by atoms with Crippen molar-refractivity contribution in [1.82, 2.24) is 9.55 Å². The van der Waals surface area contributed by atoms with Crippen LogP contribution >= 0.6 is 12.2 Å². The summed E-state index contributed by atoms with van der Waals surface area (Å²) >= 11 is 4.92. The number of aromatic nitrogens is 2. The second-order valence-electron chi connectivity index (χ2n) is 6.92. The lowest BCUT2D eigenvalue weighted by molar-refractivity contribution is 0.0697. The Hall–Kier alpha value is -3.19. The molecular formula is C23H24N2O4S. The van der Waals surface area contributed by atoms with E-state index in [4.69, 9.17) is 22.1 Å². The van der Waals surface area contributed by atoms with Crippen LogP contribution in [0.4, 0.5) is 0 Å². The number of hydrogen-bond donors (Lipinski definition) is 2. The highest BCUT2D eigenvalue weighted by atomic mass is 32.1. The van der Waals surface area contributed by atoms with Crippen molar-refractivity contribution in [2.45, 2.75) is 39.2 Å². The molecule has 3 aromatic rings. The first-order valence-corrected chi connectivity index (χ1v) is 10.3. The van der Waals surface area contributed by atoms with Gasteiger partial charge in [0.1, 0.15) is 11.6 Å². The maximum absolute atomic E-state index is 11.0. The van der Waals surface area contributed by atoms with E-state index in [1.165, 1.54) is 0 Å². The first kappa shape index (κ1) is 21.5. The molecule has 0 saturated heterocycles. The van der Waals surface area contributed by atoms with Crippen LogP contribution in [0.2, 0.25) is 0 Å². The second-order valence-corrected chi connectivity index (χ2v) is 7.31. The molecule has 1 aromatic heterocycles. The normalized spacial score (nSPS) is 10.7. The van der Waals surface area contributed by atoms with Crippen LogP contribution in [0.5, 0.6) is 11.6 Å². The van der Waals surface area contributed by atoms with Crippen LogP contribution in [-0.2, 0) is 19.4 Å². The van der Waals surface area contributed by atoms with E-state index in [1.54, 1.807) is 36.5 Å². The molecule has 0 aliphatic rings. The number of aromatic carboxylic acids is 1. The fourth-order valence-corrected chi connectivity index (χ4v) is 3.32. The highest BCUT2D eigenvalue weighted by Gasteiger charge is 2.15. The lowest BCUT2D eigenvalue weighted by atomic mass is 10.1. The average molecular weight is 425 g/mol. The first-order valence-electron chi connectivity index (χ1n) is 9.86. The summed E-state index contributed by atoms with van der Waals surface area (Å²) in [5.41, 5.74) is 1.75. The number of rotatable bonds is 10. The Morgan fingerprint density at radius 3 is 2.50 bits per heavy atom. The molecule has 0 fully saturated rings. The Kier molecular flexibility index (Phi) is 7.19. The fraction of sp³-hybridized carbons (Fsp3) is 0.261. The number of benzene rings is 2. The SMILES string of the molecule is CCCCc1ncc(Oc2ccccc2C(O)=S)n1CCc1ccc(C(=O)O)cc1. The van der Waals surface area contributed by atoms with E-state index in [1.807, 2.05) is 22.8 Å². The summed E-state index contributed by atoms with van der Waals surface area (Å²) in [5, 5.41) is 18.6. The number of carbonyl (C=O) groups is 1. The predicted octanol–water partition coefficient (Wildman–Crippen LogP) is 5.19. The highest BCUT2D eigenvalue weighted by Crippen LogP contribution is 2.27. The lowest BCUT2D eigenvalue weighted by Crippen LogP contribution is -2.09. The molecule has 0 amide bonds. The van der Waals surface area contributed by atoms with Crippen molar-refractivity contribution in [1.29, 1.82) is 0 Å². The molecule has 2 N–H and O–H groups in total. The van der Waals surface area contributed by atoms with E-state index < -0.39 is 5.97 Å². The number of unbranched alkanes of at least 4 members (excludes halogenated alkanes) is 1. The quantitative estimate of drug-likeness (QED) is 0.436. The maximum Gasteiger partial charge on any atom is 0.335 e. The molecule has 2 aromatic carbocycles. The zero-order chi connectivity index (χ0) is 21.5. The van der Waals surface area contributed by atoms with Gasteiger partial charge in [-0.05, 0) is 54.9 Å². The first-order chi connectivity index (χ1) is 14.5. The molecule has 0 aliphatic carbocycles. The number of hydrogen-bond acceptors (Lipinski definition) is 4. The van der Waals surface area contributed by atoms with Crippen LogP contribution < -0.4 is 4.74 Å². The number of aliphatic hydroxyl groups excluding tert-OH is 1. The molecule has 156 valence electrons. The van der Waals surface area contributed by atoms with Gasteiger partial charge in [0.25, 0.3) is 0 Å². The van der Waals surface area contributed by atoms with Crippen molar-refractivity contribution in [2.75, 3.05) is 0 Å². The zero-order valence-corrected chi connectivity index (χ0v) is 17.6. The van der Waals surface area contributed by atoms with Gasteiger partial charge in [-0.1, -0.05) is 37.6 Å². The van der Waals surface area contributed by atoms with E-state index in [9.17, 15) is 9.90 Å². The minimum Gasteiger partial charge on any atom is -0.498 e. The van der Waals surface area contributed by atoms with E-state index in [0.29, 0.717) is 30.2 Å². The Labute approximate surface area is 180 Å². The van der Waals surface area contributed by atoms with E-state index >= 15 is 0 Å². The fourth-order valence-electron chi connectivity index (χ4n) is 3.15. The summed E-state index contributed by atoms with van der Waals surface area (Å²) in [5.74, 6) is 1.04. The molecule has 6 nitrogen and oxygen atoms in total. The maximum atomic E-state index is 11.0. The van der Waals surface area contributed by atoms with Gasteiger partial charge in [0.15, 0.2) is 5.05 Å². The van der Waals surface area contributed by atoms with E-state index in [-0.39, 0.29) is 10.6 Å². The predicted molar refractivity (Wildman–Crippen MR) is 119 cm³/mol. The van der Waals surface area contributed by atoms with Crippen LogP contribution in [0, 0.1) is 0 Å². The zero-order valence-electron chi connectivity index (χ0n) is 16.7. The third-order valence-corrected chi connectivity index (χ3v) is 5.03. The van der Waals surface area contributed by atoms with Gasteiger partial charge in [-0.15, -0.1) is 0 Å². The van der Waals surface area contributed by atoms with E-state index in [0.717, 1.165) is 30.7 Å². The van der Waals surface area contributed by atoms with Gasteiger partial charge in [0.05, 0.1) is 17.3 Å². The van der Waals surface area contributed by atoms with Crippen LogP contribution in [-0.4, -0.2) is 30.8 Å². The molecule has 7 heteroatoms. The number of thiocarbonyl (C=S) groups is 1. The van der Waals surface area contributed by atoms with Crippen LogP contribution in [0.25, 0.3) is 0 Å². The summed E-state index contributed by atoms with van der Waals surface area (Å²) in [4.78, 5) is 15.6. The number of carboxylic acids is 1. The van der Waals surface area contributed by atoms with Gasteiger partial charge in [-0.2, -0.15) is 0 Å². The Bertz CT molecular complexity index is 1030. The van der Waals surface area contributed by atoms with Gasteiger partial charge >= 0.3 is 5.97 Å². The van der Waals surface area contributed by atoms with Gasteiger partial charge in [0.2, 0.25) is 5.88 Å². The van der Waals surface area contributed by atoms with Crippen molar-refractivity contribution in [3.63, 3.8) is 0 Å². The molecule has 1 heterocycles. The summed E-state index contributed by atoms with van der Waals surface area (Å²) in [6, 6.07) is 13.9. The van der Waals surface area contributed by atoms with Crippen molar-refractivity contribution in [2.24, 2.45) is 0 Å². The van der Waals surface area contributed by atoms with Crippen molar-refractivity contribution >= 4 is 23.2 Å². The Morgan fingerprint density at radius 1 is 1.10 bits per heavy atom. The molecular weight excluding hydrogens is 400 g/mol. The number of carboxylic acid groups (broad SMARTS) is 1. The Balaban J connectivity index is 1.83. The summed E-state index contributed by atoms with van der Waals surface area (Å²) in [6.45, 7) is 2.76. The average Bonchev–Trinajstić information content (AvgIpc) is 3.12. The molecule has 0 saturated carbocycles. The number of imidazole rings is 1.